The number of carbonyl (C=O) groups is 1. The van der Waals surface area contributed by atoms with E-state index < -0.39 is 65.5 Å². The molecular formula is C29H31ClF4N2O5S. The number of benzene rings is 2. The first-order valence-corrected chi connectivity index (χ1v) is 15.0. The number of anilines is 1. The van der Waals surface area contributed by atoms with E-state index in [2.05, 4.69) is 5.32 Å². The Bertz CT molecular complexity index is 1400. The van der Waals surface area contributed by atoms with Crippen LogP contribution in [-0.4, -0.2) is 69.0 Å². The first-order chi connectivity index (χ1) is 19.8. The lowest BCUT2D eigenvalue weighted by atomic mass is 9.79. The van der Waals surface area contributed by atoms with Gasteiger partial charge in [-0.25, -0.2) is 4.39 Å². The molecule has 228 valence electrons. The van der Waals surface area contributed by atoms with Gasteiger partial charge in [0, 0.05) is 51.4 Å². The van der Waals surface area contributed by atoms with Crippen LogP contribution in [0.25, 0.3) is 0 Å². The second-order valence-corrected chi connectivity index (χ2v) is 12.3. The van der Waals surface area contributed by atoms with Crippen LogP contribution in [0.4, 0.5) is 23.2 Å². The summed E-state index contributed by atoms with van der Waals surface area (Å²) in [5.41, 5.74) is 0.324. The first kappa shape index (κ1) is 32.2. The monoisotopic (exact) mass is 630 g/mol. The summed E-state index contributed by atoms with van der Waals surface area (Å²) in [5, 5.41) is 34.9. The van der Waals surface area contributed by atoms with Gasteiger partial charge in [-0.3, -0.25) is 9.00 Å². The molecule has 4 unspecified atom stereocenters. The molecule has 2 aromatic rings. The molecule has 0 saturated heterocycles. The van der Waals surface area contributed by atoms with Gasteiger partial charge in [-0.15, -0.1) is 0 Å². The van der Waals surface area contributed by atoms with Gasteiger partial charge in [-0.05, 0) is 54.0 Å². The van der Waals surface area contributed by atoms with E-state index in [1.54, 1.807) is 31.2 Å². The fraction of sp³-hybridized carbons (Fsp3) is 0.414. The maximum absolute atomic E-state index is 13.8. The highest BCUT2D eigenvalue weighted by Gasteiger charge is 2.54. The van der Waals surface area contributed by atoms with Gasteiger partial charge in [0.15, 0.2) is 5.79 Å². The summed E-state index contributed by atoms with van der Waals surface area (Å²) in [6, 6.07) is 8.88. The van der Waals surface area contributed by atoms with Gasteiger partial charge in [0.25, 0.3) is 5.91 Å². The Balaban J connectivity index is 1.57. The Hall–Kier alpha value is -2.77. The molecule has 4 N–H and O–H groups in total. The second kappa shape index (κ2) is 12.8. The molecule has 0 bridgehead atoms. The van der Waals surface area contributed by atoms with E-state index in [9.17, 15) is 41.9 Å². The number of amides is 1. The molecule has 4 rings (SSSR count). The number of hydrogen-bond donors (Lipinski definition) is 4. The number of carbonyl (C=O) groups excluding carboxylic acids is 1. The van der Waals surface area contributed by atoms with Gasteiger partial charge < -0.3 is 25.5 Å². The largest absolute Gasteiger partial charge is 0.413 e. The summed E-state index contributed by atoms with van der Waals surface area (Å²) in [6.07, 6.45) is -3.51. The normalized spacial score (nSPS) is 20.5. The molecule has 0 saturated carbocycles. The Morgan fingerprint density at radius 3 is 2.48 bits per heavy atom. The molecule has 1 amide bonds. The molecule has 1 heterocycles. The molecule has 2 aromatic carbocycles. The van der Waals surface area contributed by atoms with Gasteiger partial charge in [0.2, 0.25) is 0 Å². The molecule has 42 heavy (non-hydrogen) atoms. The predicted molar refractivity (Wildman–Crippen MR) is 151 cm³/mol. The molecule has 0 aromatic heterocycles. The number of nitrogens with one attached hydrogen (secondary N) is 1. The average molecular weight is 631 g/mol. The van der Waals surface area contributed by atoms with Crippen LogP contribution in [0.2, 0.25) is 0 Å². The van der Waals surface area contributed by atoms with Crippen LogP contribution < -0.4 is 10.2 Å². The van der Waals surface area contributed by atoms with Crippen LogP contribution in [-0.2, 0) is 17.2 Å². The number of alkyl halides is 4. The van der Waals surface area contributed by atoms with Crippen molar-refractivity contribution in [3.8, 4) is 0 Å². The summed E-state index contributed by atoms with van der Waals surface area (Å²) >= 11 is 5.80. The van der Waals surface area contributed by atoms with Crippen molar-refractivity contribution in [2.24, 2.45) is 5.92 Å². The quantitative estimate of drug-likeness (QED) is 0.230. The van der Waals surface area contributed by atoms with Crippen LogP contribution in [0.1, 0.15) is 40.9 Å². The molecule has 2 aliphatic rings. The third-order valence-electron chi connectivity index (χ3n) is 7.61. The van der Waals surface area contributed by atoms with Crippen LogP contribution >= 0.6 is 11.6 Å². The lowest BCUT2D eigenvalue weighted by Crippen LogP contribution is -2.58. The molecule has 0 fully saturated rings. The molecule has 13 heteroatoms. The lowest BCUT2D eigenvalue weighted by Gasteiger charge is -2.42. The highest BCUT2D eigenvalue weighted by atomic mass is 35.5. The highest BCUT2D eigenvalue weighted by Crippen LogP contribution is 2.47. The van der Waals surface area contributed by atoms with Gasteiger partial charge in [0.05, 0.1) is 29.5 Å². The van der Waals surface area contributed by atoms with Crippen molar-refractivity contribution in [3.63, 3.8) is 0 Å². The Labute approximate surface area is 247 Å². The van der Waals surface area contributed by atoms with Gasteiger partial charge in [-0.2, -0.15) is 13.2 Å². The van der Waals surface area contributed by atoms with Crippen molar-refractivity contribution in [1.82, 2.24) is 5.32 Å². The maximum atomic E-state index is 13.8. The first-order valence-electron chi connectivity index (χ1n) is 13.3. The van der Waals surface area contributed by atoms with E-state index in [-0.39, 0.29) is 30.0 Å². The van der Waals surface area contributed by atoms with Gasteiger partial charge >= 0.3 is 6.18 Å². The SMILES string of the molecule is CCS(=O)c1ccc(C(CO)NC(=O)c2ccc3c(c2)CC(C(O)(O)C2CC=C(Cl)C=C2C(F)(F)F)N3CCF)cc1. The number of aliphatic hydroxyl groups excluding tert-OH is 1. The average Bonchev–Trinajstić information content (AvgIpc) is 3.33. The molecule has 1 aliphatic heterocycles. The molecule has 0 radical (unpaired) electrons. The Morgan fingerprint density at radius 2 is 1.88 bits per heavy atom. The topological polar surface area (TPSA) is 110 Å². The number of rotatable bonds is 10. The minimum Gasteiger partial charge on any atom is -0.394 e. The van der Waals surface area contributed by atoms with Crippen LogP contribution in [0.3, 0.4) is 0 Å². The number of halogens is 5. The molecule has 1 aliphatic carbocycles. The van der Waals surface area contributed by atoms with E-state index in [4.69, 9.17) is 11.6 Å². The third kappa shape index (κ3) is 6.57. The standard InChI is InChI=1S/C29H31ClF4N2O5S/c1-2-42(41)21-7-3-17(4-8-21)24(16-37)35-27(38)18-5-10-25-19(13-18)14-26(36(25)12-11-31)28(39,40)22-9-6-20(30)15-23(22)29(32,33)34/h3-8,10,13,15,22,24,26,37,39-40H,2,9,11-12,14,16H2,1H3,(H,35,38). The van der Waals surface area contributed by atoms with E-state index >= 15 is 0 Å². The third-order valence-corrected chi connectivity index (χ3v) is 9.20. The number of nitrogens with zero attached hydrogens (tertiary/aromatic N) is 1. The predicted octanol–water partition coefficient (Wildman–Crippen LogP) is 4.29. The van der Waals surface area contributed by atoms with Crippen LogP contribution in [0, 0.1) is 5.92 Å². The minimum absolute atomic E-state index is 0.154. The summed E-state index contributed by atoms with van der Waals surface area (Å²) in [4.78, 5) is 15.1. The summed E-state index contributed by atoms with van der Waals surface area (Å²) < 4.78 is 67.1. The maximum Gasteiger partial charge on any atom is 0.413 e. The zero-order valence-electron chi connectivity index (χ0n) is 22.6. The smallest absolute Gasteiger partial charge is 0.394 e. The number of allylic oxidation sites excluding steroid dienone is 3. The van der Waals surface area contributed by atoms with E-state index in [1.807, 2.05) is 0 Å². The van der Waals surface area contributed by atoms with Crippen molar-refractivity contribution >= 4 is 34.0 Å². The van der Waals surface area contributed by atoms with Crippen molar-refractivity contribution in [3.05, 3.63) is 81.9 Å². The Kier molecular flexibility index (Phi) is 9.83. The summed E-state index contributed by atoms with van der Waals surface area (Å²) in [5.74, 6) is -4.83. The molecular weight excluding hydrogens is 600 g/mol. The zero-order valence-corrected chi connectivity index (χ0v) is 24.1. The second-order valence-electron chi connectivity index (χ2n) is 10.1. The number of aliphatic hydroxyl groups is 3. The van der Waals surface area contributed by atoms with Crippen LogP contribution in [0.15, 0.2) is 70.1 Å². The summed E-state index contributed by atoms with van der Waals surface area (Å²) in [7, 11) is -1.16. The van der Waals surface area contributed by atoms with E-state index in [0.29, 0.717) is 33.5 Å². The molecule has 4 atom stereocenters. The fourth-order valence-corrected chi connectivity index (χ4v) is 6.46. The highest BCUT2D eigenvalue weighted by molar-refractivity contribution is 7.85. The van der Waals surface area contributed by atoms with E-state index in [0.717, 1.165) is 0 Å². The number of hydrogen-bond acceptors (Lipinski definition) is 6. The minimum atomic E-state index is -4.88. The van der Waals surface area contributed by atoms with Gasteiger partial charge in [-0.1, -0.05) is 36.7 Å². The van der Waals surface area contributed by atoms with Crippen molar-refractivity contribution < 1.29 is 41.9 Å². The molecule has 0 spiro atoms. The summed E-state index contributed by atoms with van der Waals surface area (Å²) in [6.45, 7) is 0.144. The Morgan fingerprint density at radius 1 is 1.19 bits per heavy atom. The van der Waals surface area contributed by atoms with Crippen molar-refractivity contribution in [2.75, 3.05) is 30.5 Å². The lowest BCUT2D eigenvalue weighted by molar-refractivity contribution is -0.218. The number of fused-ring (bicyclic) bond motifs is 1. The van der Waals surface area contributed by atoms with Gasteiger partial charge in [0.1, 0.15) is 6.67 Å². The fourth-order valence-electron chi connectivity index (χ4n) is 5.48. The molecule has 7 nitrogen and oxygen atoms in total. The van der Waals surface area contributed by atoms with Crippen molar-refractivity contribution in [2.45, 2.75) is 48.7 Å². The van der Waals surface area contributed by atoms with Crippen molar-refractivity contribution in [1.29, 1.82) is 0 Å². The zero-order chi connectivity index (χ0) is 30.8. The van der Waals surface area contributed by atoms with Crippen LogP contribution in [0.5, 0.6) is 0 Å². The van der Waals surface area contributed by atoms with E-state index in [1.165, 1.54) is 29.2 Å².